The van der Waals surface area contributed by atoms with Crippen LogP contribution in [0.1, 0.15) is 19.8 Å². The minimum absolute atomic E-state index is 0.0533. The van der Waals surface area contributed by atoms with Crippen molar-refractivity contribution in [3.8, 4) is 0 Å². The maximum Gasteiger partial charge on any atom is 0.217 e. The van der Waals surface area contributed by atoms with Crippen LogP contribution >= 0.6 is 0 Å². The molecule has 0 aromatic rings. The number of oxime groups is 1. The highest BCUT2D eigenvalue weighted by molar-refractivity contribution is 7.89. The summed E-state index contributed by atoms with van der Waals surface area (Å²) in [5, 5.41) is 11.5. The molecule has 0 spiro atoms. The third kappa shape index (κ3) is 3.55. The highest BCUT2D eigenvalue weighted by Crippen LogP contribution is 2.21. The molecule has 1 heterocycles. The third-order valence-corrected chi connectivity index (χ3v) is 4.54. The number of sulfonamides is 1. The Hall–Kier alpha value is -0.860. The number of nitrogens with zero attached hydrogens (tertiary/aromatic N) is 2. The van der Waals surface area contributed by atoms with Gasteiger partial charge in [-0.1, -0.05) is 5.16 Å². The number of hydrogen-bond donors (Lipinski definition) is 2. The normalized spacial score (nSPS) is 23.1. The zero-order valence-electron chi connectivity index (χ0n) is 9.87. The highest BCUT2D eigenvalue weighted by atomic mass is 32.2. The Kier molecular flexibility index (Phi) is 5.16. The molecule has 0 aromatic heterocycles. The number of hydrogen-bond acceptors (Lipinski definition) is 5. The average Bonchev–Trinajstić information content (AvgIpc) is 2.78. The van der Waals surface area contributed by atoms with Crippen molar-refractivity contribution >= 4 is 15.9 Å². The van der Waals surface area contributed by atoms with Gasteiger partial charge < -0.3 is 15.7 Å². The van der Waals surface area contributed by atoms with Gasteiger partial charge in [0.2, 0.25) is 10.0 Å². The fourth-order valence-corrected chi connectivity index (χ4v) is 3.43. The first kappa shape index (κ1) is 14.2. The summed E-state index contributed by atoms with van der Waals surface area (Å²) in [6.45, 7) is 2.87. The lowest BCUT2D eigenvalue weighted by Gasteiger charge is -2.22. The second-order valence-corrected chi connectivity index (χ2v) is 5.85. The lowest BCUT2D eigenvalue weighted by atomic mass is 10.2. The number of amidine groups is 1. The lowest BCUT2D eigenvalue weighted by Crippen LogP contribution is -2.45. The molecule has 1 aliphatic rings. The Balaban J connectivity index is 2.70. The van der Waals surface area contributed by atoms with E-state index in [1.165, 1.54) is 4.31 Å². The van der Waals surface area contributed by atoms with Gasteiger partial charge in [0, 0.05) is 13.2 Å². The van der Waals surface area contributed by atoms with Gasteiger partial charge in [-0.2, -0.15) is 4.31 Å². The van der Waals surface area contributed by atoms with Crippen LogP contribution < -0.4 is 5.73 Å². The van der Waals surface area contributed by atoms with Gasteiger partial charge in [0.05, 0.1) is 18.4 Å². The van der Waals surface area contributed by atoms with Gasteiger partial charge in [-0.15, -0.1) is 0 Å². The van der Waals surface area contributed by atoms with Crippen LogP contribution in [0.15, 0.2) is 5.16 Å². The molecule has 7 nitrogen and oxygen atoms in total. The molecule has 0 aromatic carbocycles. The molecule has 8 heteroatoms. The van der Waals surface area contributed by atoms with Crippen LogP contribution in [0, 0.1) is 0 Å². The molecule has 0 bridgehead atoms. The quantitative estimate of drug-likeness (QED) is 0.223. The highest BCUT2D eigenvalue weighted by Gasteiger charge is 2.36. The predicted molar refractivity (Wildman–Crippen MR) is 63.4 cm³/mol. The summed E-state index contributed by atoms with van der Waals surface area (Å²) < 4.78 is 30.3. The van der Waals surface area contributed by atoms with Crippen LogP contribution in [-0.2, 0) is 14.8 Å². The second kappa shape index (κ2) is 6.18. The van der Waals surface area contributed by atoms with E-state index in [0.717, 1.165) is 6.42 Å². The molecule has 1 fully saturated rings. The zero-order valence-corrected chi connectivity index (χ0v) is 10.7. The summed E-state index contributed by atoms with van der Waals surface area (Å²) in [5.74, 6) is -0.127. The van der Waals surface area contributed by atoms with Crippen LogP contribution in [0.2, 0.25) is 0 Å². The molecule has 0 saturated carbocycles. The fourth-order valence-electron chi connectivity index (χ4n) is 1.86. The first-order chi connectivity index (χ1) is 8.03. The van der Waals surface area contributed by atoms with E-state index in [4.69, 9.17) is 15.7 Å². The largest absolute Gasteiger partial charge is 0.409 e. The van der Waals surface area contributed by atoms with E-state index >= 15 is 0 Å². The van der Waals surface area contributed by atoms with E-state index in [0.29, 0.717) is 19.6 Å². The van der Waals surface area contributed by atoms with Crippen LogP contribution in [0.25, 0.3) is 0 Å². The molecular weight excluding hydrogens is 246 g/mol. The van der Waals surface area contributed by atoms with E-state index in [1.54, 1.807) is 0 Å². The second-order valence-electron chi connectivity index (χ2n) is 3.81. The number of rotatable bonds is 6. The SMILES string of the molecule is CCOCCS(=O)(=O)N1CCCC1C(N)=NO. The summed E-state index contributed by atoms with van der Waals surface area (Å²) in [5.41, 5.74) is 5.48. The van der Waals surface area contributed by atoms with Crippen molar-refractivity contribution < 1.29 is 18.4 Å². The van der Waals surface area contributed by atoms with E-state index in [-0.39, 0.29) is 18.2 Å². The van der Waals surface area contributed by atoms with Gasteiger partial charge >= 0.3 is 0 Å². The first-order valence-electron chi connectivity index (χ1n) is 5.57. The van der Waals surface area contributed by atoms with E-state index in [1.807, 2.05) is 6.92 Å². The van der Waals surface area contributed by atoms with Crippen molar-refractivity contribution in [3.05, 3.63) is 0 Å². The zero-order chi connectivity index (χ0) is 12.9. The van der Waals surface area contributed by atoms with E-state index in [2.05, 4.69) is 5.16 Å². The summed E-state index contributed by atoms with van der Waals surface area (Å²) in [7, 11) is -3.40. The van der Waals surface area contributed by atoms with Crippen molar-refractivity contribution in [2.24, 2.45) is 10.9 Å². The Morgan fingerprint density at radius 3 is 2.94 bits per heavy atom. The maximum absolute atomic E-state index is 12.0. The van der Waals surface area contributed by atoms with E-state index in [9.17, 15) is 8.42 Å². The van der Waals surface area contributed by atoms with Crippen molar-refractivity contribution in [1.82, 2.24) is 4.31 Å². The van der Waals surface area contributed by atoms with Crippen LogP contribution in [0.4, 0.5) is 0 Å². The Morgan fingerprint density at radius 2 is 2.35 bits per heavy atom. The van der Waals surface area contributed by atoms with Gasteiger partial charge in [-0.25, -0.2) is 8.42 Å². The topological polar surface area (TPSA) is 105 Å². The molecule has 0 aliphatic carbocycles. The molecule has 1 saturated heterocycles. The third-order valence-electron chi connectivity index (χ3n) is 2.71. The van der Waals surface area contributed by atoms with Crippen LogP contribution in [0.5, 0.6) is 0 Å². The molecule has 3 N–H and O–H groups in total. The van der Waals surface area contributed by atoms with Crippen molar-refractivity contribution in [3.63, 3.8) is 0 Å². The molecular formula is C9H19N3O4S. The smallest absolute Gasteiger partial charge is 0.217 e. The Bertz CT molecular complexity index is 368. The summed E-state index contributed by atoms with van der Waals surface area (Å²) >= 11 is 0. The molecule has 100 valence electrons. The monoisotopic (exact) mass is 265 g/mol. The average molecular weight is 265 g/mol. The van der Waals surface area contributed by atoms with Crippen molar-refractivity contribution in [2.45, 2.75) is 25.8 Å². The van der Waals surface area contributed by atoms with E-state index < -0.39 is 16.1 Å². The van der Waals surface area contributed by atoms with Crippen molar-refractivity contribution in [1.29, 1.82) is 0 Å². The van der Waals surface area contributed by atoms with Gasteiger partial charge in [0.1, 0.15) is 0 Å². The standard InChI is InChI=1S/C9H19N3O4S/c1-2-16-6-7-17(14,15)12-5-3-4-8(12)9(10)11-13/h8,13H,2-7H2,1H3,(H2,10,11). The van der Waals surface area contributed by atoms with Crippen LogP contribution in [-0.4, -0.2) is 55.3 Å². The maximum atomic E-state index is 12.0. The van der Waals surface area contributed by atoms with Gasteiger partial charge in [-0.3, -0.25) is 0 Å². The predicted octanol–water partition coefficient (Wildman–Crippen LogP) is -0.436. The molecule has 1 aliphatic heterocycles. The first-order valence-corrected chi connectivity index (χ1v) is 7.18. The lowest BCUT2D eigenvalue weighted by molar-refractivity contribution is 0.162. The minimum Gasteiger partial charge on any atom is -0.409 e. The summed E-state index contributed by atoms with van der Waals surface area (Å²) in [6, 6.07) is -0.522. The Morgan fingerprint density at radius 1 is 1.65 bits per heavy atom. The molecule has 0 radical (unpaired) electrons. The fraction of sp³-hybridized carbons (Fsp3) is 0.889. The molecule has 1 rings (SSSR count). The van der Waals surface area contributed by atoms with Gasteiger partial charge in [0.15, 0.2) is 5.84 Å². The molecule has 17 heavy (non-hydrogen) atoms. The Labute approximate surface area is 101 Å². The molecule has 1 atom stereocenters. The summed E-state index contributed by atoms with van der Waals surface area (Å²) in [4.78, 5) is 0. The number of ether oxygens (including phenoxy) is 1. The van der Waals surface area contributed by atoms with Crippen molar-refractivity contribution in [2.75, 3.05) is 25.5 Å². The van der Waals surface area contributed by atoms with Gasteiger partial charge in [-0.05, 0) is 19.8 Å². The number of nitrogens with two attached hydrogens (primary N) is 1. The van der Waals surface area contributed by atoms with Crippen LogP contribution in [0.3, 0.4) is 0 Å². The molecule has 0 amide bonds. The summed E-state index contributed by atoms with van der Waals surface area (Å²) in [6.07, 6.45) is 1.30. The minimum atomic E-state index is -3.40. The van der Waals surface area contributed by atoms with Gasteiger partial charge in [0.25, 0.3) is 0 Å². The molecule has 1 unspecified atom stereocenters.